The maximum atomic E-state index is 8.55. The summed E-state index contributed by atoms with van der Waals surface area (Å²) >= 11 is 0. The molecule has 0 radical (unpaired) electrons. The molecule has 2 heteroatoms. The zero-order valence-electron chi connectivity index (χ0n) is 19.2. The van der Waals surface area contributed by atoms with Crippen LogP contribution in [0.4, 0.5) is 0 Å². The number of likely N-dealkylation sites (N-methyl/N-ethyl adjacent to an activating group) is 1. The molecular weight excluding hydrogens is 244 g/mol. The molecule has 0 unspecified atom stereocenters. The molecule has 1 heterocycles. The third-order valence-corrected chi connectivity index (χ3v) is 3.17. The minimum Gasteiger partial charge on any atom is -0.304 e. The largest absolute Gasteiger partial charge is 0.304 e. The van der Waals surface area contributed by atoms with Gasteiger partial charge in [-0.1, -0.05) is 60.7 Å². The molecular formula is C18H22N2. The fourth-order valence-electron chi connectivity index (χ4n) is 2.20. The van der Waals surface area contributed by atoms with Crippen LogP contribution in [0.3, 0.4) is 0 Å². The number of rotatable bonds is 3. The first-order valence-electron chi connectivity index (χ1n) is 10.5. The highest BCUT2D eigenvalue weighted by molar-refractivity contribution is 5.31. The molecule has 2 aromatic rings. The lowest BCUT2D eigenvalue weighted by Crippen LogP contribution is -2.46. The number of hydrogen-bond donors (Lipinski definition) is 0. The molecule has 3 rings (SSSR count). The maximum absolute atomic E-state index is 8.55. The summed E-state index contributed by atoms with van der Waals surface area (Å²) in [7, 11) is 1.06. The summed E-state index contributed by atoms with van der Waals surface area (Å²) in [6, 6.07) is 16.2. The van der Waals surface area contributed by atoms with Crippen molar-refractivity contribution in [3.05, 3.63) is 71.8 Å². The van der Waals surface area contributed by atoms with Crippen molar-refractivity contribution in [2.45, 2.75) is 6.04 Å². The lowest BCUT2D eigenvalue weighted by atomic mass is 9.96. The van der Waals surface area contributed by atoms with Crippen LogP contribution >= 0.6 is 0 Å². The smallest absolute Gasteiger partial charge is 0.0602 e. The zero-order valence-corrected chi connectivity index (χ0v) is 11.2. The average molecular weight is 274 g/mol. The third kappa shape index (κ3) is 2.92. The van der Waals surface area contributed by atoms with E-state index in [0.29, 0.717) is 20.9 Å². The van der Waals surface area contributed by atoms with E-state index < -0.39 is 32.0 Å². The van der Waals surface area contributed by atoms with Gasteiger partial charge >= 0.3 is 0 Å². The first kappa shape index (κ1) is 6.88. The minimum absolute atomic E-state index is 0.504. The van der Waals surface area contributed by atoms with Gasteiger partial charge in [0.1, 0.15) is 0 Å². The minimum atomic E-state index is -2.84. The Hall–Kier alpha value is -1.64. The Bertz CT molecular complexity index is 758. The average Bonchev–Trinajstić information content (AvgIpc) is 2.65. The van der Waals surface area contributed by atoms with Gasteiger partial charge in [-0.3, -0.25) is 4.90 Å². The summed E-state index contributed by atoms with van der Waals surface area (Å²) in [5.41, 5.74) is 1.08. The Balaban J connectivity index is 2.31. The van der Waals surface area contributed by atoms with Crippen molar-refractivity contribution in [1.29, 1.82) is 0 Å². The van der Waals surface area contributed by atoms with E-state index in [1.165, 1.54) is 0 Å². The Kier molecular flexibility index (Phi) is 2.14. The van der Waals surface area contributed by atoms with Crippen molar-refractivity contribution < 1.29 is 11.0 Å². The molecule has 1 aliphatic rings. The van der Waals surface area contributed by atoms with E-state index in [9.17, 15) is 0 Å². The highest BCUT2D eigenvalue weighted by Gasteiger charge is 2.24. The highest BCUT2D eigenvalue weighted by atomic mass is 15.3. The molecule has 2 nitrogen and oxygen atoms in total. The summed E-state index contributed by atoms with van der Waals surface area (Å²) in [6.45, 7) is -11.3. The van der Waals surface area contributed by atoms with Gasteiger partial charge in [0, 0.05) is 37.0 Å². The molecule has 20 heavy (non-hydrogen) atoms. The lowest BCUT2D eigenvalue weighted by molar-refractivity contribution is 0.127. The van der Waals surface area contributed by atoms with E-state index in [4.69, 9.17) is 11.0 Å². The monoisotopic (exact) mass is 274 g/mol. The van der Waals surface area contributed by atoms with Gasteiger partial charge in [0.25, 0.3) is 0 Å². The van der Waals surface area contributed by atoms with Crippen molar-refractivity contribution >= 4 is 0 Å². The van der Waals surface area contributed by atoms with Gasteiger partial charge in [0.15, 0.2) is 0 Å². The Morgan fingerprint density at radius 2 is 1.25 bits per heavy atom. The van der Waals surface area contributed by atoms with Crippen LogP contribution in [0.15, 0.2) is 60.7 Å². The van der Waals surface area contributed by atoms with E-state index in [2.05, 4.69) is 0 Å². The van der Waals surface area contributed by atoms with Crippen molar-refractivity contribution in [1.82, 2.24) is 9.80 Å². The molecule has 0 atom stereocenters. The summed E-state index contributed by atoms with van der Waals surface area (Å²) in [5, 5.41) is 0. The summed E-state index contributed by atoms with van der Waals surface area (Å²) < 4.78 is 67.3. The van der Waals surface area contributed by atoms with Gasteiger partial charge in [-0.15, -0.1) is 0 Å². The second kappa shape index (κ2) is 6.21. The molecule has 0 spiro atoms. The van der Waals surface area contributed by atoms with Crippen LogP contribution in [-0.2, 0) is 0 Å². The highest BCUT2D eigenvalue weighted by Crippen LogP contribution is 2.29. The van der Waals surface area contributed by atoms with E-state index in [1.54, 1.807) is 60.7 Å². The molecule has 0 bridgehead atoms. The number of benzene rings is 2. The molecule has 0 amide bonds. The standard InChI is InChI=1S/C18H22N2/c1-19-12-14-20(15-13-19)18(16-8-4-2-5-9-16)17-10-6-3-7-11-17/h2-11,18H,12-15H2,1H3/i12D2,13D2,14D2,15D2. The first-order chi connectivity index (χ1) is 12.9. The predicted molar refractivity (Wildman–Crippen MR) is 83.8 cm³/mol. The molecule has 0 aromatic heterocycles. The van der Waals surface area contributed by atoms with Gasteiger partial charge in [-0.25, -0.2) is 0 Å². The van der Waals surface area contributed by atoms with Gasteiger partial charge < -0.3 is 4.90 Å². The Morgan fingerprint density at radius 1 is 0.800 bits per heavy atom. The van der Waals surface area contributed by atoms with Crippen LogP contribution in [0.1, 0.15) is 28.1 Å². The lowest BCUT2D eigenvalue weighted by Gasteiger charge is -2.38. The van der Waals surface area contributed by atoms with E-state index in [1.807, 2.05) is 0 Å². The van der Waals surface area contributed by atoms with Gasteiger partial charge in [-0.2, -0.15) is 0 Å². The van der Waals surface area contributed by atoms with Crippen LogP contribution in [0.5, 0.6) is 0 Å². The summed E-state index contributed by atoms with van der Waals surface area (Å²) in [4.78, 5) is 1.20. The Labute approximate surface area is 132 Å². The van der Waals surface area contributed by atoms with Crippen molar-refractivity contribution in [2.24, 2.45) is 0 Å². The van der Waals surface area contributed by atoms with E-state index in [0.717, 1.165) is 7.05 Å². The molecule has 104 valence electrons. The maximum Gasteiger partial charge on any atom is 0.0602 e. The fraction of sp³-hybridized carbons (Fsp3) is 0.333. The van der Waals surface area contributed by atoms with Crippen molar-refractivity contribution in [3.8, 4) is 0 Å². The van der Waals surface area contributed by atoms with Crippen molar-refractivity contribution in [2.75, 3.05) is 33.0 Å². The fourth-order valence-corrected chi connectivity index (χ4v) is 2.20. The Morgan fingerprint density at radius 3 is 1.70 bits per heavy atom. The molecule has 2 aromatic carbocycles. The van der Waals surface area contributed by atoms with Gasteiger partial charge in [-0.05, 0) is 18.2 Å². The van der Waals surface area contributed by atoms with Gasteiger partial charge in [0.2, 0.25) is 0 Å². The van der Waals surface area contributed by atoms with Crippen LogP contribution in [-0.4, -0.2) is 42.8 Å². The summed E-state index contributed by atoms with van der Waals surface area (Å²) in [6.07, 6.45) is 0. The molecule has 0 saturated carbocycles. The van der Waals surface area contributed by atoms with E-state index >= 15 is 0 Å². The quantitative estimate of drug-likeness (QED) is 0.849. The number of nitrogens with zero attached hydrogens (tertiary/aromatic N) is 2. The number of hydrogen-bond acceptors (Lipinski definition) is 2. The summed E-state index contributed by atoms with van der Waals surface area (Å²) in [5.74, 6) is 0. The number of piperazine rings is 1. The predicted octanol–water partition coefficient (Wildman–Crippen LogP) is 3.02. The van der Waals surface area contributed by atoms with Gasteiger partial charge in [0.05, 0.1) is 6.04 Å². The van der Waals surface area contributed by atoms with E-state index in [-0.39, 0.29) is 0 Å². The second-order valence-electron chi connectivity index (χ2n) is 4.60. The SMILES string of the molecule is [2H]C1([2H])N(C)C([2H])([2H])C([2H])([2H])N(C(c2ccccc2)c2ccccc2)C1([2H])[2H]. The van der Waals surface area contributed by atoms with Crippen LogP contribution < -0.4 is 0 Å². The van der Waals surface area contributed by atoms with Crippen LogP contribution in [0.2, 0.25) is 0 Å². The zero-order chi connectivity index (χ0) is 21.0. The van der Waals surface area contributed by atoms with Crippen LogP contribution in [0.25, 0.3) is 0 Å². The van der Waals surface area contributed by atoms with Crippen LogP contribution in [0, 0.1) is 0 Å². The molecule has 0 N–H and O–H groups in total. The van der Waals surface area contributed by atoms with Crippen molar-refractivity contribution in [3.63, 3.8) is 0 Å². The third-order valence-electron chi connectivity index (χ3n) is 3.17. The molecule has 1 aliphatic heterocycles. The normalized spacial score (nSPS) is 33.5. The molecule has 1 saturated heterocycles. The first-order valence-corrected chi connectivity index (χ1v) is 6.50. The topological polar surface area (TPSA) is 6.48 Å². The molecule has 0 aliphatic carbocycles. The second-order valence-corrected chi connectivity index (χ2v) is 4.60. The molecule has 1 fully saturated rings.